The summed E-state index contributed by atoms with van der Waals surface area (Å²) in [6.45, 7) is 0.110. The summed E-state index contributed by atoms with van der Waals surface area (Å²) in [6, 6.07) is 0. The molecule has 2 heterocycles. The maximum absolute atomic E-state index is 15.1. The molecule has 0 radical (unpaired) electrons. The molecule has 1 aromatic heterocycles. The maximum atomic E-state index is 15.1. The number of nitrogens with two attached hydrogens (primary N) is 1. The van der Waals surface area contributed by atoms with Gasteiger partial charge in [-0.2, -0.15) is 4.98 Å². The Morgan fingerprint density at radius 2 is 2.36 bits per heavy atom. The number of nitrogens with zero attached hydrogens (tertiary/aromatic N) is 3. The van der Waals surface area contributed by atoms with Crippen molar-refractivity contribution in [1.82, 2.24) is 14.5 Å². The molecule has 0 aromatic carbocycles. The van der Waals surface area contributed by atoms with Crippen LogP contribution in [0, 0.1) is 11.8 Å². The highest BCUT2D eigenvalue weighted by Gasteiger charge is 2.59. The second-order valence-corrected chi connectivity index (χ2v) is 4.75. The van der Waals surface area contributed by atoms with Gasteiger partial charge in [0.15, 0.2) is 6.23 Å². The molecule has 22 heavy (non-hydrogen) atoms. The van der Waals surface area contributed by atoms with Crippen LogP contribution in [0.5, 0.6) is 0 Å². The number of hydrogen-bond acceptors (Lipinski definition) is 7. The van der Waals surface area contributed by atoms with Crippen LogP contribution in [-0.4, -0.2) is 55.4 Å². The minimum Gasteiger partial charge on any atom is -0.391 e. The molecule has 0 spiro atoms. The van der Waals surface area contributed by atoms with Gasteiger partial charge in [-0.25, -0.2) is 18.6 Å². The van der Waals surface area contributed by atoms with Gasteiger partial charge in [-0.3, -0.25) is 4.57 Å². The molecule has 0 amide bonds. The molecule has 1 aliphatic heterocycles. The summed E-state index contributed by atoms with van der Waals surface area (Å²) < 4.78 is 33.1. The lowest BCUT2D eigenvalue weighted by Crippen LogP contribution is -2.45. The fraction of sp³-hybridized carbons (Fsp3) is 0.583. The van der Waals surface area contributed by atoms with Gasteiger partial charge in [0.25, 0.3) is 0 Å². The summed E-state index contributed by atoms with van der Waals surface area (Å²) >= 11 is 0. The summed E-state index contributed by atoms with van der Waals surface area (Å²) in [7, 11) is 0. The van der Waals surface area contributed by atoms with Crippen LogP contribution >= 0.6 is 0 Å². The van der Waals surface area contributed by atoms with Crippen LogP contribution in [0.4, 0.5) is 14.7 Å². The van der Waals surface area contributed by atoms with Crippen LogP contribution in [0.1, 0.15) is 13.2 Å². The van der Waals surface area contributed by atoms with Crippen LogP contribution in [-0.2, 0) is 4.74 Å². The molecule has 0 aliphatic carbocycles. The third-order valence-corrected chi connectivity index (χ3v) is 3.21. The van der Waals surface area contributed by atoms with E-state index in [-0.39, 0.29) is 5.95 Å². The third kappa shape index (κ3) is 2.66. The lowest BCUT2D eigenvalue weighted by atomic mass is 9.94. The smallest absolute Gasteiger partial charge is 0.354 e. The number of halogens is 2. The van der Waals surface area contributed by atoms with E-state index in [1.54, 1.807) is 0 Å². The van der Waals surface area contributed by atoms with E-state index >= 15 is 4.39 Å². The van der Waals surface area contributed by atoms with Crippen LogP contribution in [0.15, 0.2) is 11.1 Å². The number of nitrogen functional groups attached to an aromatic ring is 1. The topological polar surface area (TPSA) is 123 Å². The van der Waals surface area contributed by atoms with Gasteiger partial charge in [0, 0.05) is 0 Å². The van der Waals surface area contributed by atoms with E-state index in [4.69, 9.17) is 10.5 Å². The SMILES string of the molecule is C[C@@H](O)[C@H]1O[C@@H](n2cnc(N)nc2=O)C(F)(C#CCF)[C@H]1O. The van der Waals surface area contributed by atoms with Gasteiger partial charge < -0.3 is 20.7 Å². The fourth-order valence-corrected chi connectivity index (χ4v) is 2.17. The maximum Gasteiger partial charge on any atom is 0.354 e. The highest BCUT2D eigenvalue weighted by molar-refractivity contribution is 5.24. The summed E-state index contributed by atoms with van der Waals surface area (Å²) in [5, 5.41) is 19.6. The minimum absolute atomic E-state index is 0.328. The molecule has 1 aromatic rings. The molecule has 2 rings (SSSR count). The number of aliphatic hydroxyl groups is 2. The Kier molecular flexibility index (Phi) is 4.41. The molecular formula is C12H14F2N4O4. The molecule has 1 saturated heterocycles. The van der Waals surface area contributed by atoms with Gasteiger partial charge in [0.1, 0.15) is 25.2 Å². The number of alkyl halides is 2. The van der Waals surface area contributed by atoms with Crippen molar-refractivity contribution in [1.29, 1.82) is 0 Å². The zero-order chi connectivity index (χ0) is 16.5. The van der Waals surface area contributed by atoms with Gasteiger partial charge in [0.05, 0.1) is 6.10 Å². The van der Waals surface area contributed by atoms with E-state index in [1.165, 1.54) is 6.92 Å². The van der Waals surface area contributed by atoms with Crippen molar-refractivity contribution in [3.8, 4) is 11.8 Å². The normalized spacial score (nSPS) is 32.3. The quantitative estimate of drug-likeness (QED) is 0.570. The van der Waals surface area contributed by atoms with Crippen LogP contribution < -0.4 is 11.4 Å². The standard InChI is InChI=1S/C12H14F2N4O4/c1-6(19)7-8(20)12(14,3-2-4-13)9(22-7)18-5-16-10(15)17-11(18)21/h5-9,19-20H,4H2,1H3,(H2,15,17,21)/t6-,7-,8+,9-,12?/m1/s1. The average Bonchev–Trinajstić information content (AvgIpc) is 2.70. The van der Waals surface area contributed by atoms with Gasteiger partial charge in [-0.1, -0.05) is 11.8 Å². The first kappa shape index (κ1) is 16.3. The fourth-order valence-electron chi connectivity index (χ4n) is 2.17. The van der Waals surface area contributed by atoms with Crippen molar-refractivity contribution >= 4 is 5.95 Å². The molecule has 120 valence electrons. The Hall–Kier alpha value is -2.09. The Morgan fingerprint density at radius 3 is 2.91 bits per heavy atom. The molecular weight excluding hydrogens is 302 g/mol. The molecule has 5 atom stereocenters. The lowest BCUT2D eigenvalue weighted by Gasteiger charge is -2.23. The number of ether oxygens (including phenoxy) is 1. The molecule has 8 nitrogen and oxygen atoms in total. The van der Waals surface area contributed by atoms with E-state index in [0.717, 1.165) is 6.33 Å². The first-order valence-electron chi connectivity index (χ1n) is 6.28. The van der Waals surface area contributed by atoms with Crippen LogP contribution in [0.2, 0.25) is 0 Å². The molecule has 0 saturated carbocycles. The van der Waals surface area contributed by atoms with Crippen molar-refractivity contribution in [2.24, 2.45) is 0 Å². The van der Waals surface area contributed by atoms with Crippen molar-refractivity contribution in [3.05, 3.63) is 16.8 Å². The van der Waals surface area contributed by atoms with Crippen LogP contribution in [0.25, 0.3) is 0 Å². The second kappa shape index (κ2) is 5.96. The zero-order valence-corrected chi connectivity index (χ0v) is 11.5. The van der Waals surface area contributed by atoms with E-state index in [0.29, 0.717) is 4.57 Å². The molecule has 10 heteroatoms. The molecule has 4 N–H and O–H groups in total. The zero-order valence-electron chi connectivity index (χ0n) is 11.5. The van der Waals surface area contributed by atoms with Crippen LogP contribution in [0.3, 0.4) is 0 Å². The first-order chi connectivity index (χ1) is 10.3. The summed E-state index contributed by atoms with van der Waals surface area (Å²) in [5.41, 5.74) is 1.43. The van der Waals surface area contributed by atoms with Gasteiger partial charge in [-0.05, 0) is 6.92 Å². The van der Waals surface area contributed by atoms with Crippen molar-refractivity contribution in [3.63, 3.8) is 0 Å². The highest BCUT2D eigenvalue weighted by Crippen LogP contribution is 2.41. The Morgan fingerprint density at radius 1 is 1.68 bits per heavy atom. The molecule has 1 fully saturated rings. The first-order valence-corrected chi connectivity index (χ1v) is 6.28. The summed E-state index contributed by atoms with van der Waals surface area (Å²) in [6.07, 6.45) is -5.41. The van der Waals surface area contributed by atoms with E-state index in [1.807, 2.05) is 11.8 Å². The number of rotatable bonds is 2. The van der Waals surface area contributed by atoms with Gasteiger partial charge in [-0.15, -0.1) is 0 Å². The lowest BCUT2D eigenvalue weighted by molar-refractivity contribution is -0.0806. The monoisotopic (exact) mass is 316 g/mol. The highest BCUT2D eigenvalue weighted by atomic mass is 19.1. The number of aliphatic hydroxyl groups excluding tert-OH is 2. The molecule has 0 bridgehead atoms. The van der Waals surface area contributed by atoms with E-state index < -0.39 is 42.6 Å². The van der Waals surface area contributed by atoms with Crippen molar-refractivity contribution in [2.45, 2.75) is 37.1 Å². The van der Waals surface area contributed by atoms with Gasteiger partial charge in [0.2, 0.25) is 11.6 Å². The summed E-state index contributed by atoms with van der Waals surface area (Å²) in [5.74, 6) is 3.44. The molecule has 1 aliphatic rings. The predicted octanol–water partition coefficient (Wildman–Crippen LogP) is -1.46. The average molecular weight is 316 g/mol. The minimum atomic E-state index is -2.82. The van der Waals surface area contributed by atoms with Crippen molar-refractivity contribution < 1.29 is 23.7 Å². The van der Waals surface area contributed by atoms with Crippen molar-refractivity contribution in [2.75, 3.05) is 12.4 Å². The Balaban J connectivity index is 2.53. The Bertz CT molecular complexity index is 671. The largest absolute Gasteiger partial charge is 0.391 e. The Labute approximate surface area is 123 Å². The molecule has 1 unspecified atom stereocenters. The third-order valence-electron chi connectivity index (χ3n) is 3.21. The second-order valence-electron chi connectivity index (χ2n) is 4.75. The number of aromatic nitrogens is 3. The number of hydrogen-bond donors (Lipinski definition) is 3. The van der Waals surface area contributed by atoms with Gasteiger partial charge >= 0.3 is 5.69 Å². The predicted molar refractivity (Wildman–Crippen MR) is 69.9 cm³/mol. The summed E-state index contributed by atoms with van der Waals surface area (Å²) in [4.78, 5) is 18.7. The van der Waals surface area contributed by atoms with E-state index in [9.17, 15) is 19.4 Å². The van der Waals surface area contributed by atoms with E-state index in [2.05, 4.69) is 9.97 Å². The number of anilines is 1.